The van der Waals surface area contributed by atoms with Crippen molar-refractivity contribution in [3.8, 4) is 0 Å². The molecule has 0 N–H and O–H groups in total. The Balaban J connectivity index is 2.70. The minimum absolute atomic E-state index is 0.0168. The van der Waals surface area contributed by atoms with E-state index in [9.17, 15) is 31.1 Å². The van der Waals surface area contributed by atoms with E-state index in [0.717, 1.165) is 0 Å². The summed E-state index contributed by atoms with van der Waals surface area (Å²) in [7, 11) is 2.73. The number of alkyl halides is 6. The van der Waals surface area contributed by atoms with E-state index in [1.807, 2.05) is 0 Å². The fourth-order valence-electron chi connectivity index (χ4n) is 2.32. The second-order valence-corrected chi connectivity index (χ2v) is 4.99. The molecule has 1 aliphatic rings. The summed E-state index contributed by atoms with van der Waals surface area (Å²) in [5, 5.41) is 0. The second kappa shape index (κ2) is 6.61. The van der Waals surface area contributed by atoms with E-state index in [1.54, 1.807) is 0 Å². The highest BCUT2D eigenvalue weighted by Gasteiger charge is 2.60. The maximum atomic E-state index is 12.3. The van der Waals surface area contributed by atoms with Gasteiger partial charge in [0.15, 0.2) is 5.79 Å². The molecule has 0 amide bonds. The standard InChI is InChI=1S/C12H16F6O4/c1-20-10(21-2)5-3-7(4-6-10)8(19)22-9(11(13,14)15)12(16,17)18/h7,9H,3-6H2,1-2H3. The Bertz CT molecular complexity index is 364. The zero-order valence-corrected chi connectivity index (χ0v) is 11.9. The number of carbonyl (C=O) groups excluding carboxylic acids is 1. The molecule has 0 bridgehead atoms. The number of halogens is 6. The van der Waals surface area contributed by atoms with Crippen LogP contribution in [-0.2, 0) is 19.0 Å². The highest BCUT2D eigenvalue weighted by atomic mass is 19.4. The fourth-order valence-corrected chi connectivity index (χ4v) is 2.32. The number of hydrogen-bond acceptors (Lipinski definition) is 4. The van der Waals surface area contributed by atoms with Crippen molar-refractivity contribution < 1.29 is 45.3 Å². The SMILES string of the molecule is COC1(OC)CCC(C(=O)OC(C(F)(F)F)C(F)(F)F)CC1. The Hall–Kier alpha value is -1.03. The van der Waals surface area contributed by atoms with Gasteiger partial charge >= 0.3 is 18.3 Å². The predicted octanol–water partition coefficient (Wildman–Crippen LogP) is 3.20. The van der Waals surface area contributed by atoms with E-state index < -0.39 is 36.1 Å². The molecule has 130 valence electrons. The largest absolute Gasteiger partial charge is 0.443 e. The first-order valence-electron chi connectivity index (χ1n) is 6.39. The molecular weight excluding hydrogens is 322 g/mol. The molecule has 0 aromatic heterocycles. The minimum Gasteiger partial charge on any atom is -0.443 e. The lowest BCUT2D eigenvalue weighted by atomic mass is 9.85. The van der Waals surface area contributed by atoms with Crippen molar-refractivity contribution in [1.29, 1.82) is 0 Å². The lowest BCUT2D eigenvalue weighted by molar-refractivity contribution is -0.315. The third-order valence-corrected chi connectivity index (χ3v) is 3.65. The molecule has 0 spiro atoms. The molecule has 4 nitrogen and oxygen atoms in total. The summed E-state index contributed by atoms with van der Waals surface area (Å²) < 4.78 is 87.9. The fraction of sp³-hybridized carbons (Fsp3) is 0.917. The molecule has 0 aliphatic heterocycles. The van der Waals surface area contributed by atoms with Gasteiger partial charge in [-0.15, -0.1) is 0 Å². The first-order valence-corrected chi connectivity index (χ1v) is 6.39. The van der Waals surface area contributed by atoms with E-state index in [2.05, 4.69) is 4.74 Å². The summed E-state index contributed by atoms with van der Waals surface area (Å²) in [6.07, 6.45) is -15.1. The summed E-state index contributed by atoms with van der Waals surface area (Å²) in [6, 6.07) is 0. The van der Waals surface area contributed by atoms with E-state index in [0.29, 0.717) is 0 Å². The topological polar surface area (TPSA) is 44.8 Å². The highest BCUT2D eigenvalue weighted by Crippen LogP contribution is 2.39. The van der Waals surface area contributed by atoms with Gasteiger partial charge in [-0.3, -0.25) is 4.79 Å². The summed E-state index contributed by atoms with van der Waals surface area (Å²) in [6.45, 7) is 0. The van der Waals surface area contributed by atoms with Crippen molar-refractivity contribution in [3.63, 3.8) is 0 Å². The van der Waals surface area contributed by atoms with Crippen molar-refractivity contribution in [2.75, 3.05) is 14.2 Å². The lowest BCUT2D eigenvalue weighted by Gasteiger charge is -2.37. The van der Waals surface area contributed by atoms with Gasteiger partial charge in [-0.1, -0.05) is 0 Å². The number of hydrogen-bond donors (Lipinski definition) is 0. The Morgan fingerprint density at radius 1 is 1.00 bits per heavy atom. The van der Waals surface area contributed by atoms with Crippen LogP contribution < -0.4 is 0 Å². The number of methoxy groups -OCH3 is 2. The number of carbonyl (C=O) groups is 1. The highest BCUT2D eigenvalue weighted by molar-refractivity contribution is 5.72. The molecule has 1 aliphatic carbocycles. The molecule has 22 heavy (non-hydrogen) atoms. The van der Waals surface area contributed by atoms with Crippen LogP contribution in [0.25, 0.3) is 0 Å². The smallest absolute Gasteiger partial charge is 0.434 e. The molecule has 0 radical (unpaired) electrons. The normalized spacial score (nSPS) is 20.2. The molecule has 1 rings (SSSR count). The zero-order valence-electron chi connectivity index (χ0n) is 11.9. The molecule has 0 saturated heterocycles. The van der Waals surface area contributed by atoms with Crippen LogP contribution in [0.4, 0.5) is 26.3 Å². The molecule has 0 atom stereocenters. The number of ether oxygens (including phenoxy) is 3. The van der Waals surface area contributed by atoms with Crippen LogP contribution in [0.1, 0.15) is 25.7 Å². The second-order valence-electron chi connectivity index (χ2n) is 4.99. The summed E-state index contributed by atoms with van der Waals surface area (Å²) >= 11 is 0. The van der Waals surface area contributed by atoms with E-state index in [4.69, 9.17) is 9.47 Å². The van der Waals surface area contributed by atoms with Crippen LogP contribution in [-0.4, -0.2) is 44.4 Å². The first kappa shape index (κ1) is 19.0. The van der Waals surface area contributed by atoms with Gasteiger partial charge in [0.05, 0.1) is 5.92 Å². The van der Waals surface area contributed by atoms with Crippen molar-refractivity contribution in [2.24, 2.45) is 5.92 Å². The molecule has 0 aromatic rings. The molecule has 0 aromatic carbocycles. The number of rotatable bonds is 4. The van der Waals surface area contributed by atoms with Crippen molar-refractivity contribution in [3.05, 3.63) is 0 Å². The maximum Gasteiger partial charge on any atom is 0.434 e. The van der Waals surface area contributed by atoms with Gasteiger partial charge in [-0.05, 0) is 12.8 Å². The van der Waals surface area contributed by atoms with E-state index >= 15 is 0 Å². The molecule has 1 fully saturated rings. The van der Waals surface area contributed by atoms with Crippen LogP contribution in [0, 0.1) is 5.92 Å². The van der Waals surface area contributed by atoms with Gasteiger partial charge < -0.3 is 14.2 Å². The summed E-state index contributed by atoms with van der Waals surface area (Å²) in [4.78, 5) is 11.6. The summed E-state index contributed by atoms with van der Waals surface area (Å²) in [5.41, 5.74) is 0. The van der Waals surface area contributed by atoms with E-state index in [1.165, 1.54) is 14.2 Å². The average Bonchev–Trinajstić information content (AvgIpc) is 2.42. The van der Waals surface area contributed by atoms with Gasteiger partial charge in [0.1, 0.15) is 0 Å². The Morgan fingerprint density at radius 3 is 1.73 bits per heavy atom. The van der Waals surface area contributed by atoms with Gasteiger partial charge in [0.2, 0.25) is 0 Å². The molecule has 1 saturated carbocycles. The third kappa shape index (κ3) is 4.48. The van der Waals surface area contributed by atoms with E-state index in [-0.39, 0.29) is 25.7 Å². The van der Waals surface area contributed by atoms with Crippen LogP contribution >= 0.6 is 0 Å². The Labute approximate surface area is 122 Å². The van der Waals surface area contributed by atoms with Crippen LogP contribution in [0.5, 0.6) is 0 Å². The minimum atomic E-state index is -5.70. The van der Waals surface area contributed by atoms with Crippen molar-refractivity contribution in [2.45, 2.75) is 49.9 Å². The van der Waals surface area contributed by atoms with Crippen LogP contribution in [0.15, 0.2) is 0 Å². The molecule has 0 unspecified atom stereocenters. The monoisotopic (exact) mass is 338 g/mol. The third-order valence-electron chi connectivity index (χ3n) is 3.65. The van der Waals surface area contributed by atoms with Crippen molar-refractivity contribution >= 4 is 5.97 Å². The van der Waals surface area contributed by atoms with Crippen LogP contribution in [0.2, 0.25) is 0 Å². The van der Waals surface area contributed by atoms with Gasteiger partial charge in [-0.2, -0.15) is 26.3 Å². The van der Waals surface area contributed by atoms with Crippen molar-refractivity contribution in [1.82, 2.24) is 0 Å². The molecule has 10 heteroatoms. The Kier molecular flexibility index (Phi) is 5.71. The summed E-state index contributed by atoms with van der Waals surface area (Å²) in [5.74, 6) is -3.53. The molecular formula is C12H16F6O4. The van der Waals surface area contributed by atoms with Gasteiger partial charge in [0.25, 0.3) is 6.10 Å². The quantitative estimate of drug-likeness (QED) is 0.449. The van der Waals surface area contributed by atoms with Gasteiger partial charge in [-0.25, -0.2) is 0 Å². The Morgan fingerprint density at radius 2 is 1.41 bits per heavy atom. The average molecular weight is 338 g/mol. The van der Waals surface area contributed by atoms with Gasteiger partial charge in [0, 0.05) is 27.1 Å². The van der Waals surface area contributed by atoms with Crippen LogP contribution in [0.3, 0.4) is 0 Å². The number of esters is 1. The lowest BCUT2D eigenvalue weighted by Crippen LogP contribution is -2.47. The predicted molar refractivity (Wildman–Crippen MR) is 60.7 cm³/mol. The maximum absolute atomic E-state index is 12.3. The first-order chi connectivity index (χ1) is 9.95. The molecule has 0 heterocycles. The zero-order chi connectivity index (χ0) is 17.2.